The van der Waals surface area contributed by atoms with Crippen molar-refractivity contribution in [3.05, 3.63) is 54.1 Å². The second-order valence-electron chi connectivity index (χ2n) is 6.17. The number of likely N-dealkylation sites (N-methyl/N-ethyl adjacent to an activating group) is 1. The number of nitrogens with zero attached hydrogens (tertiary/aromatic N) is 2. The minimum atomic E-state index is 0.696. The van der Waals surface area contributed by atoms with Crippen LogP contribution in [0.4, 0.5) is 5.95 Å². The van der Waals surface area contributed by atoms with Gasteiger partial charge in [-0.2, -0.15) is 0 Å². The molecule has 0 bridgehead atoms. The number of aryl methyl sites for hydroxylation is 1. The highest BCUT2D eigenvalue weighted by atomic mass is 15.1. The molecule has 0 atom stereocenters. The summed E-state index contributed by atoms with van der Waals surface area (Å²) in [6.07, 6.45) is 0. The first-order valence-electron chi connectivity index (χ1n) is 8.00. The summed E-state index contributed by atoms with van der Waals surface area (Å²) >= 11 is 0. The third kappa shape index (κ3) is 3.66. The highest BCUT2D eigenvalue weighted by Crippen LogP contribution is 2.27. The molecule has 3 aromatic rings. The van der Waals surface area contributed by atoms with E-state index in [1.54, 1.807) is 0 Å². The fraction of sp³-hybridized carbons (Fsp3) is 0.263. The Balaban J connectivity index is 2.05. The van der Waals surface area contributed by atoms with E-state index >= 15 is 0 Å². The third-order valence-electron chi connectivity index (χ3n) is 3.81. The smallest absolute Gasteiger partial charge is 0.224 e. The average Bonchev–Trinajstić information content (AvgIpc) is 2.55. The van der Waals surface area contributed by atoms with Crippen LogP contribution in [-0.2, 0) is 0 Å². The summed E-state index contributed by atoms with van der Waals surface area (Å²) in [5, 5.41) is 4.45. The zero-order valence-electron chi connectivity index (χ0n) is 13.9. The van der Waals surface area contributed by atoms with Crippen molar-refractivity contribution < 1.29 is 4.90 Å². The highest BCUT2D eigenvalue weighted by Gasteiger charge is 2.10. The maximum absolute atomic E-state index is 4.78. The number of rotatable bonds is 5. The minimum Gasteiger partial charge on any atom is -0.349 e. The summed E-state index contributed by atoms with van der Waals surface area (Å²) in [6.45, 7) is 3.98. The molecule has 1 aromatic heterocycles. The quantitative estimate of drug-likeness (QED) is 0.759. The molecule has 0 spiro atoms. The fourth-order valence-corrected chi connectivity index (χ4v) is 2.56. The maximum atomic E-state index is 4.78. The minimum absolute atomic E-state index is 0.696. The molecule has 0 aliphatic heterocycles. The Morgan fingerprint density at radius 3 is 2.52 bits per heavy atom. The molecule has 1 heterocycles. The lowest BCUT2D eigenvalue weighted by atomic mass is 10.0. The van der Waals surface area contributed by atoms with Gasteiger partial charge in [0.25, 0.3) is 0 Å². The van der Waals surface area contributed by atoms with E-state index in [-0.39, 0.29) is 0 Å². The predicted octanol–water partition coefficient (Wildman–Crippen LogP) is 2.16. The molecule has 3 rings (SSSR count). The summed E-state index contributed by atoms with van der Waals surface area (Å²) in [6, 6.07) is 16.6. The van der Waals surface area contributed by atoms with Crippen molar-refractivity contribution in [3.63, 3.8) is 0 Å². The van der Waals surface area contributed by atoms with Gasteiger partial charge in [0.15, 0.2) is 0 Å². The van der Waals surface area contributed by atoms with Crippen LogP contribution in [0, 0.1) is 6.92 Å². The predicted molar refractivity (Wildman–Crippen MR) is 95.9 cm³/mol. The molecule has 0 saturated heterocycles. The molecule has 23 heavy (non-hydrogen) atoms. The van der Waals surface area contributed by atoms with Gasteiger partial charge in [-0.25, -0.2) is 9.97 Å². The molecular formula is C19H23N4+. The van der Waals surface area contributed by atoms with E-state index in [1.165, 1.54) is 10.5 Å². The van der Waals surface area contributed by atoms with Crippen molar-refractivity contribution >= 4 is 16.9 Å². The van der Waals surface area contributed by atoms with Gasteiger partial charge < -0.3 is 10.2 Å². The van der Waals surface area contributed by atoms with Crippen LogP contribution in [0.1, 0.15) is 5.56 Å². The Labute approximate surface area is 137 Å². The summed E-state index contributed by atoms with van der Waals surface area (Å²) in [4.78, 5) is 10.8. The summed E-state index contributed by atoms with van der Waals surface area (Å²) in [5.74, 6) is 0.696. The van der Waals surface area contributed by atoms with Gasteiger partial charge in [0.1, 0.15) is 0 Å². The number of nitrogens with one attached hydrogen (secondary N) is 2. The van der Waals surface area contributed by atoms with E-state index in [9.17, 15) is 0 Å². The van der Waals surface area contributed by atoms with Crippen LogP contribution in [0.15, 0.2) is 48.5 Å². The Bertz CT molecular complexity index is 797. The van der Waals surface area contributed by atoms with Crippen LogP contribution >= 0.6 is 0 Å². The molecule has 0 fully saturated rings. The van der Waals surface area contributed by atoms with E-state index in [4.69, 9.17) is 4.98 Å². The lowest BCUT2D eigenvalue weighted by Gasteiger charge is -2.12. The lowest BCUT2D eigenvalue weighted by Crippen LogP contribution is -3.06. The summed E-state index contributed by atoms with van der Waals surface area (Å²) < 4.78 is 0. The van der Waals surface area contributed by atoms with E-state index in [1.807, 2.05) is 18.2 Å². The number of hydrogen-bond donors (Lipinski definition) is 2. The second-order valence-corrected chi connectivity index (χ2v) is 6.17. The van der Waals surface area contributed by atoms with Crippen molar-refractivity contribution in [1.29, 1.82) is 0 Å². The average molecular weight is 307 g/mol. The van der Waals surface area contributed by atoms with Gasteiger partial charge in [-0.15, -0.1) is 0 Å². The van der Waals surface area contributed by atoms with E-state index in [0.29, 0.717) is 5.95 Å². The summed E-state index contributed by atoms with van der Waals surface area (Å²) in [5.41, 5.74) is 4.30. The van der Waals surface area contributed by atoms with E-state index in [2.05, 4.69) is 61.7 Å². The number of hydrogen-bond acceptors (Lipinski definition) is 3. The first-order valence-corrected chi connectivity index (χ1v) is 8.00. The molecule has 118 valence electrons. The molecule has 4 nitrogen and oxygen atoms in total. The molecule has 0 saturated carbocycles. The number of benzene rings is 2. The first kappa shape index (κ1) is 15.4. The van der Waals surface area contributed by atoms with Crippen molar-refractivity contribution in [1.82, 2.24) is 9.97 Å². The Morgan fingerprint density at radius 2 is 1.78 bits per heavy atom. The maximum Gasteiger partial charge on any atom is 0.224 e. The highest BCUT2D eigenvalue weighted by molar-refractivity contribution is 5.93. The zero-order valence-corrected chi connectivity index (χ0v) is 13.9. The van der Waals surface area contributed by atoms with Crippen LogP contribution < -0.4 is 10.2 Å². The standard InChI is InChI=1S/C19H22N4/c1-14-9-10-17-16(13-14)18(15-7-5-4-6-8-15)22-19(21-17)20-11-12-23(2)3/h4-10,13H,11-12H2,1-3H3,(H,20,21,22)/p+1. The molecular weight excluding hydrogens is 284 g/mol. The van der Waals surface area contributed by atoms with E-state index < -0.39 is 0 Å². The summed E-state index contributed by atoms with van der Waals surface area (Å²) in [7, 11) is 4.28. The number of anilines is 1. The number of fused-ring (bicyclic) bond motifs is 1. The van der Waals surface area contributed by atoms with Crippen molar-refractivity contribution in [2.45, 2.75) is 6.92 Å². The largest absolute Gasteiger partial charge is 0.349 e. The van der Waals surface area contributed by atoms with Crippen LogP contribution in [0.5, 0.6) is 0 Å². The zero-order chi connectivity index (χ0) is 16.2. The van der Waals surface area contributed by atoms with Gasteiger partial charge in [0, 0.05) is 10.9 Å². The monoisotopic (exact) mass is 307 g/mol. The van der Waals surface area contributed by atoms with Crippen molar-refractivity contribution in [2.24, 2.45) is 0 Å². The molecule has 0 unspecified atom stereocenters. The van der Waals surface area contributed by atoms with Gasteiger partial charge in [-0.1, -0.05) is 42.0 Å². The molecule has 0 radical (unpaired) electrons. The van der Waals surface area contributed by atoms with Gasteiger partial charge in [0.05, 0.1) is 38.4 Å². The van der Waals surface area contributed by atoms with Gasteiger partial charge in [0.2, 0.25) is 5.95 Å². The SMILES string of the molecule is Cc1ccc2nc(NCC[NH+](C)C)nc(-c3ccccc3)c2c1. The van der Waals surface area contributed by atoms with Crippen LogP contribution in [0.25, 0.3) is 22.2 Å². The molecule has 0 aliphatic carbocycles. The normalized spacial score (nSPS) is 11.1. The van der Waals surface area contributed by atoms with Crippen LogP contribution in [0.3, 0.4) is 0 Å². The first-order chi connectivity index (χ1) is 11.1. The van der Waals surface area contributed by atoms with Crippen molar-refractivity contribution in [2.75, 3.05) is 32.5 Å². The van der Waals surface area contributed by atoms with Crippen LogP contribution in [0.2, 0.25) is 0 Å². The lowest BCUT2D eigenvalue weighted by molar-refractivity contribution is -0.856. The number of quaternary nitrogens is 1. The third-order valence-corrected chi connectivity index (χ3v) is 3.81. The van der Waals surface area contributed by atoms with Crippen LogP contribution in [-0.4, -0.2) is 37.2 Å². The van der Waals surface area contributed by atoms with Gasteiger partial charge in [-0.05, 0) is 19.1 Å². The molecule has 2 N–H and O–H groups in total. The van der Waals surface area contributed by atoms with E-state index in [0.717, 1.165) is 35.2 Å². The topological polar surface area (TPSA) is 42.2 Å². The second kappa shape index (κ2) is 6.75. The Hall–Kier alpha value is -2.46. The van der Waals surface area contributed by atoms with Gasteiger partial charge >= 0.3 is 0 Å². The molecule has 0 aliphatic rings. The molecule has 4 heteroatoms. The Morgan fingerprint density at radius 1 is 1.00 bits per heavy atom. The fourth-order valence-electron chi connectivity index (χ4n) is 2.56. The van der Waals surface area contributed by atoms with Crippen molar-refractivity contribution in [3.8, 4) is 11.3 Å². The number of aromatic nitrogens is 2. The Kier molecular flexibility index (Phi) is 4.53. The van der Waals surface area contributed by atoms with Gasteiger partial charge in [-0.3, -0.25) is 0 Å². The molecule has 0 amide bonds. The molecule has 2 aromatic carbocycles.